The third-order valence-electron chi connectivity index (χ3n) is 6.03. The zero-order valence-electron chi connectivity index (χ0n) is 16.6. The van der Waals surface area contributed by atoms with Crippen molar-refractivity contribution >= 4 is 17.4 Å². The average molecular weight is 409 g/mol. The number of halogens is 1. The van der Waals surface area contributed by atoms with Crippen LogP contribution in [0.25, 0.3) is 5.69 Å². The summed E-state index contributed by atoms with van der Waals surface area (Å²) in [6.07, 6.45) is 4.87. The van der Waals surface area contributed by atoms with Gasteiger partial charge in [0.05, 0.1) is 5.69 Å². The smallest absolute Gasteiger partial charge is 0.140 e. The van der Waals surface area contributed by atoms with Crippen LogP contribution in [0, 0.1) is 0 Å². The fraction of sp³-hybridized carbons (Fsp3) is 0.409. The Morgan fingerprint density at radius 1 is 1.03 bits per heavy atom. The maximum absolute atomic E-state index is 6.31. The Morgan fingerprint density at radius 2 is 1.90 bits per heavy atom. The first kappa shape index (κ1) is 18.6. The fourth-order valence-corrected chi connectivity index (χ4v) is 4.68. The molecule has 0 spiro atoms. The predicted octanol–water partition coefficient (Wildman–Crippen LogP) is 3.69. The highest BCUT2D eigenvalue weighted by atomic mass is 35.5. The summed E-state index contributed by atoms with van der Waals surface area (Å²) in [6, 6.07) is 12.3. The number of piperidine rings is 1. The van der Waals surface area contributed by atoms with Gasteiger partial charge in [0, 0.05) is 49.7 Å². The molecule has 3 aromatic rings. The highest BCUT2D eigenvalue weighted by Gasteiger charge is 2.29. The third kappa shape index (κ3) is 3.63. The summed E-state index contributed by atoms with van der Waals surface area (Å²) < 4.78 is 2.31. The molecule has 6 nitrogen and oxygen atoms in total. The third-order valence-corrected chi connectivity index (χ3v) is 6.26. The molecule has 0 atom stereocenters. The van der Waals surface area contributed by atoms with Crippen LogP contribution in [0.2, 0.25) is 5.02 Å². The van der Waals surface area contributed by atoms with Gasteiger partial charge in [-0.3, -0.25) is 4.57 Å². The van der Waals surface area contributed by atoms with E-state index in [1.165, 1.54) is 11.3 Å². The highest BCUT2D eigenvalue weighted by molar-refractivity contribution is 6.30. The van der Waals surface area contributed by atoms with Gasteiger partial charge in [-0.1, -0.05) is 17.7 Å². The Bertz CT molecular complexity index is 994. The van der Waals surface area contributed by atoms with Gasteiger partial charge in [0.15, 0.2) is 0 Å². The molecule has 2 aliphatic rings. The number of fused-ring (bicyclic) bond motifs is 3. The lowest BCUT2D eigenvalue weighted by atomic mass is 9.95. The SMILES string of the molecule is CN1CCc2nnc(C3CCN(c4ccccn4)CC3)n2-c2ccc(Cl)cc2C1. The molecule has 5 rings (SSSR count). The van der Waals surface area contributed by atoms with E-state index in [0.717, 1.165) is 67.9 Å². The minimum atomic E-state index is 0.400. The first-order chi connectivity index (χ1) is 14.2. The maximum Gasteiger partial charge on any atom is 0.140 e. The van der Waals surface area contributed by atoms with Crippen LogP contribution >= 0.6 is 11.6 Å². The van der Waals surface area contributed by atoms with Gasteiger partial charge in [0.25, 0.3) is 0 Å². The predicted molar refractivity (Wildman–Crippen MR) is 115 cm³/mol. The van der Waals surface area contributed by atoms with Crippen LogP contribution in [-0.4, -0.2) is 51.3 Å². The molecule has 7 heteroatoms. The van der Waals surface area contributed by atoms with Crippen molar-refractivity contribution in [1.82, 2.24) is 24.6 Å². The average Bonchev–Trinajstić information content (AvgIpc) is 3.15. The summed E-state index contributed by atoms with van der Waals surface area (Å²) in [7, 11) is 2.14. The number of rotatable bonds is 2. The molecular weight excluding hydrogens is 384 g/mol. The zero-order chi connectivity index (χ0) is 19.8. The van der Waals surface area contributed by atoms with Crippen LogP contribution in [0.3, 0.4) is 0 Å². The van der Waals surface area contributed by atoms with Crippen molar-refractivity contribution in [1.29, 1.82) is 0 Å². The van der Waals surface area contributed by atoms with E-state index < -0.39 is 0 Å². The molecule has 0 unspecified atom stereocenters. The van der Waals surface area contributed by atoms with Gasteiger partial charge in [-0.2, -0.15) is 0 Å². The lowest BCUT2D eigenvalue weighted by Gasteiger charge is -2.33. The van der Waals surface area contributed by atoms with Crippen molar-refractivity contribution in [3.05, 3.63) is 64.8 Å². The normalized spacial score (nSPS) is 18.1. The number of hydrogen-bond donors (Lipinski definition) is 0. The van der Waals surface area contributed by atoms with Crippen molar-refractivity contribution in [3.8, 4) is 5.69 Å². The van der Waals surface area contributed by atoms with Crippen LogP contribution in [0.15, 0.2) is 42.6 Å². The van der Waals surface area contributed by atoms with E-state index in [2.05, 4.69) is 60.9 Å². The molecule has 1 saturated heterocycles. The van der Waals surface area contributed by atoms with E-state index in [1.54, 1.807) is 0 Å². The number of nitrogens with zero attached hydrogens (tertiary/aromatic N) is 6. The monoisotopic (exact) mass is 408 g/mol. The molecule has 4 heterocycles. The molecule has 0 saturated carbocycles. The maximum atomic E-state index is 6.31. The molecule has 0 N–H and O–H groups in total. The number of aromatic nitrogens is 4. The fourth-order valence-electron chi connectivity index (χ4n) is 4.49. The van der Waals surface area contributed by atoms with E-state index in [1.807, 2.05) is 18.3 Å². The van der Waals surface area contributed by atoms with Crippen LogP contribution in [0.1, 0.15) is 36.0 Å². The van der Waals surface area contributed by atoms with E-state index >= 15 is 0 Å². The van der Waals surface area contributed by atoms with E-state index in [0.29, 0.717) is 5.92 Å². The van der Waals surface area contributed by atoms with Crippen molar-refractivity contribution in [2.24, 2.45) is 0 Å². The molecule has 1 aromatic carbocycles. The van der Waals surface area contributed by atoms with Crippen LogP contribution in [0.5, 0.6) is 0 Å². The molecule has 2 aliphatic heterocycles. The minimum absolute atomic E-state index is 0.400. The summed E-state index contributed by atoms with van der Waals surface area (Å²) in [4.78, 5) is 9.19. The van der Waals surface area contributed by atoms with Crippen LogP contribution < -0.4 is 4.90 Å². The number of benzene rings is 1. The number of likely N-dealkylation sites (N-methyl/N-ethyl adjacent to an activating group) is 1. The summed E-state index contributed by atoms with van der Waals surface area (Å²) in [5.41, 5.74) is 2.40. The Labute approximate surface area is 176 Å². The van der Waals surface area contributed by atoms with Crippen molar-refractivity contribution in [2.45, 2.75) is 31.7 Å². The molecule has 150 valence electrons. The number of pyridine rings is 1. The van der Waals surface area contributed by atoms with Gasteiger partial charge in [0.1, 0.15) is 17.5 Å². The molecule has 29 heavy (non-hydrogen) atoms. The topological polar surface area (TPSA) is 50.1 Å². The minimum Gasteiger partial charge on any atom is -0.357 e. The van der Waals surface area contributed by atoms with Gasteiger partial charge in [-0.15, -0.1) is 10.2 Å². The lowest BCUT2D eigenvalue weighted by molar-refractivity contribution is 0.323. The van der Waals surface area contributed by atoms with Crippen molar-refractivity contribution < 1.29 is 0 Å². The molecule has 0 aliphatic carbocycles. The summed E-state index contributed by atoms with van der Waals surface area (Å²) in [5.74, 6) is 3.60. The summed E-state index contributed by atoms with van der Waals surface area (Å²) in [6.45, 7) is 3.81. The molecule has 0 radical (unpaired) electrons. The Morgan fingerprint density at radius 3 is 2.69 bits per heavy atom. The standard InChI is InChI=1S/C22H25ClN6/c1-27-11-9-21-25-26-22(29(21)19-6-5-18(23)14-17(19)15-27)16-7-12-28(13-8-16)20-4-2-3-10-24-20/h2-6,10,14,16H,7-9,11-13,15H2,1H3. The summed E-state index contributed by atoms with van der Waals surface area (Å²) in [5, 5.41) is 10.0. The Hall–Kier alpha value is -2.44. The van der Waals surface area contributed by atoms with Gasteiger partial charge in [-0.25, -0.2) is 4.98 Å². The van der Waals surface area contributed by atoms with Gasteiger partial charge < -0.3 is 9.80 Å². The van der Waals surface area contributed by atoms with Gasteiger partial charge in [-0.05, 0) is 55.8 Å². The second-order valence-corrected chi connectivity index (χ2v) is 8.46. The van der Waals surface area contributed by atoms with E-state index in [4.69, 9.17) is 11.6 Å². The number of anilines is 1. The number of hydrogen-bond acceptors (Lipinski definition) is 5. The largest absolute Gasteiger partial charge is 0.357 e. The molecular formula is C22H25ClN6. The van der Waals surface area contributed by atoms with Crippen LogP contribution in [0.4, 0.5) is 5.82 Å². The first-order valence-corrected chi connectivity index (χ1v) is 10.6. The van der Waals surface area contributed by atoms with E-state index in [9.17, 15) is 0 Å². The molecule has 0 amide bonds. The van der Waals surface area contributed by atoms with E-state index in [-0.39, 0.29) is 0 Å². The van der Waals surface area contributed by atoms with Crippen molar-refractivity contribution in [2.75, 3.05) is 31.6 Å². The molecule has 2 aromatic heterocycles. The van der Waals surface area contributed by atoms with Gasteiger partial charge >= 0.3 is 0 Å². The quantitative estimate of drug-likeness (QED) is 0.647. The van der Waals surface area contributed by atoms with Crippen molar-refractivity contribution in [3.63, 3.8) is 0 Å². The van der Waals surface area contributed by atoms with Crippen LogP contribution in [-0.2, 0) is 13.0 Å². The Kier molecular flexibility index (Phi) is 4.97. The van der Waals surface area contributed by atoms with Gasteiger partial charge in [0.2, 0.25) is 0 Å². The highest BCUT2D eigenvalue weighted by Crippen LogP contribution is 2.33. The molecule has 1 fully saturated rings. The molecule has 0 bridgehead atoms. The summed E-state index contributed by atoms with van der Waals surface area (Å²) >= 11 is 6.31. The Balaban J connectivity index is 1.46. The zero-order valence-corrected chi connectivity index (χ0v) is 17.4. The lowest BCUT2D eigenvalue weighted by Crippen LogP contribution is -2.34. The second kappa shape index (κ2) is 7.76. The second-order valence-electron chi connectivity index (χ2n) is 8.02. The first-order valence-electron chi connectivity index (χ1n) is 10.3.